The van der Waals surface area contributed by atoms with Crippen molar-refractivity contribution in [1.29, 1.82) is 0 Å². The summed E-state index contributed by atoms with van der Waals surface area (Å²) in [4.78, 5) is 0. The molecule has 1 aliphatic rings. The van der Waals surface area contributed by atoms with Gasteiger partial charge in [-0.25, -0.2) is 0 Å². The van der Waals surface area contributed by atoms with Crippen molar-refractivity contribution in [2.24, 2.45) is 0 Å². The molecule has 4 heteroatoms. The van der Waals surface area contributed by atoms with Gasteiger partial charge >= 0.3 is 0 Å². The van der Waals surface area contributed by atoms with E-state index in [9.17, 15) is 10.2 Å². The van der Waals surface area contributed by atoms with Gasteiger partial charge in [-0.1, -0.05) is 6.07 Å². The fraction of sp³-hybridized carbons (Fsp3) is 0.571. The highest BCUT2D eigenvalue weighted by Crippen LogP contribution is 2.31. The van der Waals surface area contributed by atoms with Crippen molar-refractivity contribution < 1.29 is 14.9 Å². The van der Waals surface area contributed by atoms with Crippen LogP contribution in [0.2, 0.25) is 0 Å². The van der Waals surface area contributed by atoms with Gasteiger partial charge in [0.2, 0.25) is 0 Å². The molecular weight excluding hydrogens is 230 g/mol. The number of phenolic OH excluding ortho intramolecular Hbond substituents is 1. The van der Waals surface area contributed by atoms with Gasteiger partial charge in [-0.15, -0.1) is 0 Å². The first-order chi connectivity index (χ1) is 8.63. The average molecular weight is 251 g/mol. The van der Waals surface area contributed by atoms with Crippen molar-refractivity contribution in [1.82, 2.24) is 5.32 Å². The number of aliphatic hydroxyl groups is 1. The van der Waals surface area contributed by atoms with Crippen molar-refractivity contribution in [2.45, 2.75) is 38.3 Å². The van der Waals surface area contributed by atoms with Gasteiger partial charge in [0.15, 0.2) is 11.5 Å². The molecule has 1 saturated carbocycles. The normalized spacial score (nSPS) is 17.2. The van der Waals surface area contributed by atoms with E-state index >= 15 is 0 Å². The van der Waals surface area contributed by atoms with Crippen LogP contribution < -0.4 is 10.1 Å². The fourth-order valence-electron chi connectivity index (χ4n) is 2.14. The summed E-state index contributed by atoms with van der Waals surface area (Å²) in [6.07, 6.45) is 2.89. The first kappa shape index (κ1) is 13.2. The van der Waals surface area contributed by atoms with E-state index in [-0.39, 0.29) is 5.75 Å². The van der Waals surface area contributed by atoms with Gasteiger partial charge in [0.25, 0.3) is 0 Å². The monoisotopic (exact) mass is 251 g/mol. The van der Waals surface area contributed by atoms with Gasteiger partial charge in [0, 0.05) is 13.1 Å². The van der Waals surface area contributed by atoms with Gasteiger partial charge in [0.05, 0.1) is 12.2 Å². The molecule has 0 bridgehead atoms. The largest absolute Gasteiger partial charge is 0.504 e. The van der Waals surface area contributed by atoms with Gasteiger partial charge in [-0.2, -0.15) is 0 Å². The van der Waals surface area contributed by atoms with Crippen LogP contribution in [-0.2, 0) is 6.54 Å². The number of aromatic hydroxyl groups is 1. The fourth-order valence-corrected chi connectivity index (χ4v) is 2.14. The van der Waals surface area contributed by atoms with E-state index in [2.05, 4.69) is 5.32 Å². The third kappa shape index (κ3) is 3.15. The van der Waals surface area contributed by atoms with E-state index in [0.717, 1.165) is 24.8 Å². The second kappa shape index (κ2) is 5.59. The molecule has 0 aliphatic heterocycles. The molecule has 0 atom stereocenters. The quantitative estimate of drug-likeness (QED) is 0.721. The number of rotatable bonds is 6. The van der Waals surface area contributed by atoms with Crippen molar-refractivity contribution >= 4 is 0 Å². The van der Waals surface area contributed by atoms with Crippen LogP contribution in [0, 0.1) is 0 Å². The number of hydrogen-bond donors (Lipinski definition) is 3. The minimum absolute atomic E-state index is 0.165. The Labute approximate surface area is 108 Å². The standard InChI is InChI=1S/C14H21NO3/c1-2-18-13-8-11(4-5-12(13)16)9-15-10-14(17)6-3-7-14/h4-5,8,15-17H,2-3,6-7,9-10H2,1H3. The third-order valence-electron chi connectivity index (χ3n) is 3.39. The summed E-state index contributed by atoms with van der Waals surface area (Å²) in [7, 11) is 0. The zero-order chi connectivity index (χ0) is 13.0. The van der Waals surface area contributed by atoms with Crippen molar-refractivity contribution in [3.63, 3.8) is 0 Å². The Morgan fingerprint density at radius 1 is 1.39 bits per heavy atom. The summed E-state index contributed by atoms with van der Waals surface area (Å²) in [6, 6.07) is 5.33. The SMILES string of the molecule is CCOc1cc(CNCC2(O)CCC2)ccc1O. The second-order valence-electron chi connectivity index (χ2n) is 4.92. The van der Waals surface area contributed by atoms with Crippen LogP contribution in [0.3, 0.4) is 0 Å². The Morgan fingerprint density at radius 2 is 2.17 bits per heavy atom. The van der Waals surface area contributed by atoms with Gasteiger partial charge < -0.3 is 20.3 Å². The highest BCUT2D eigenvalue weighted by molar-refractivity contribution is 5.41. The lowest BCUT2D eigenvalue weighted by Gasteiger charge is -2.36. The van der Waals surface area contributed by atoms with Crippen LogP contribution in [0.15, 0.2) is 18.2 Å². The topological polar surface area (TPSA) is 61.7 Å². The third-order valence-corrected chi connectivity index (χ3v) is 3.39. The lowest BCUT2D eigenvalue weighted by atomic mass is 9.80. The predicted octanol–water partition coefficient (Wildman–Crippen LogP) is 1.80. The minimum atomic E-state index is -0.500. The van der Waals surface area contributed by atoms with E-state index in [1.54, 1.807) is 6.07 Å². The summed E-state index contributed by atoms with van der Waals surface area (Å²) < 4.78 is 5.33. The molecule has 0 heterocycles. The van der Waals surface area contributed by atoms with Crippen LogP contribution in [0.25, 0.3) is 0 Å². The molecule has 3 N–H and O–H groups in total. The molecule has 1 aromatic carbocycles. The van der Waals surface area contributed by atoms with Crippen LogP contribution in [0.4, 0.5) is 0 Å². The van der Waals surface area contributed by atoms with E-state index in [1.807, 2.05) is 19.1 Å². The zero-order valence-electron chi connectivity index (χ0n) is 10.8. The van der Waals surface area contributed by atoms with Crippen LogP contribution in [0.1, 0.15) is 31.7 Å². The molecule has 1 aliphatic carbocycles. The van der Waals surface area contributed by atoms with Gasteiger partial charge in [0.1, 0.15) is 0 Å². The number of phenols is 1. The summed E-state index contributed by atoms with van der Waals surface area (Å²) in [6.45, 7) is 3.71. The Balaban J connectivity index is 1.86. The number of ether oxygens (including phenoxy) is 1. The maximum absolute atomic E-state index is 9.94. The summed E-state index contributed by atoms with van der Waals surface area (Å²) in [5.41, 5.74) is 0.541. The van der Waals surface area contributed by atoms with Gasteiger partial charge in [-0.05, 0) is 43.9 Å². The van der Waals surface area contributed by atoms with Crippen LogP contribution in [0.5, 0.6) is 11.5 Å². The number of nitrogens with one attached hydrogen (secondary N) is 1. The molecule has 0 saturated heterocycles. The van der Waals surface area contributed by atoms with Crippen LogP contribution in [-0.4, -0.2) is 29.0 Å². The Kier molecular flexibility index (Phi) is 4.09. The molecule has 100 valence electrons. The van der Waals surface area contributed by atoms with E-state index < -0.39 is 5.60 Å². The lowest BCUT2D eigenvalue weighted by Crippen LogP contribution is -2.45. The summed E-state index contributed by atoms with van der Waals surface area (Å²) in [5, 5.41) is 22.8. The predicted molar refractivity (Wildman–Crippen MR) is 69.8 cm³/mol. The Morgan fingerprint density at radius 3 is 2.78 bits per heavy atom. The smallest absolute Gasteiger partial charge is 0.161 e. The van der Waals surface area contributed by atoms with E-state index in [1.165, 1.54) is 0 Å². The first-order valence-corrected chi connectivity index (χ1v) is 6.51. The second-order valence-corrected chi connectivity index (χ2v) is 4.92. The van der Waals surface area contributed by atoms with E-state index in [4.69, 9.17) is 4.74 Å². The molecule has 0 unspecified atom stereocenters. The molecule has 0 aromatic heterocycles. The lowest BCUT2D eigenvalue weighted by molar-refractivity contribution is -0.0314. The van der Waals surface area contributed by atoms with Crippen molar-refractivity contribution in [2.75, 3.05) is 13.2 Å². The maximum Gasteiger partial charge on any atom is 0.161 e. The molecule has 1 fully saturated rings. The Hall–Kier alpha value is -1.26. The van der Waals surface area contributed by atoms with Gasteiger partial charge in [-0.3, -0.25) is 0 Å². The van der Waals surface area contributed by atoms with E-state index in [0.29, 0.717) is 25.4 Å². The molecule has 0 amide bonds. The molecule has 18 heavy (non-hydrogen) atoms. The number of benzene rings is 1. The summed E-state index contributed by atoms with van der Waals surface area (Å²) >= 11 is 0. The molecule has 2 rings (SSSR count). The summed E-state index contributed by atoms with van der Waals surface area (Å²) in [5.74, 6) is 0.678. The highest BCUT2D eigenvalue weighted by atomic mass is 16.5. The van der Waals surface area contributed by atoms with Crippen LogP contribution >= 0.6 is 0 Å². The molecule has 4 nitrogen and oxygen atoms in total. The highest BCUT2D eigenvalue weighted by Gasteiger charge is 2.33. The molecular formula is C14H21NO3. The zero-order valence-corrected chi connectivity index (χ0v) is 10.8. The average Bonchev–Trinajstić information content (AvgIpc) is 2.31. The molecule has 1 aromatic rings. The maximum atomic E-state index is 9.94. The minimum Gasteiger partial charge on any atom is -0.504 e. The number of hydrogen-bond acceptors (Lipinski definition) is 4. The van der Waals surface area contributed by atoms with Crippen molar-refractivity contribution in [3.8, 4) is 11.5 Å². The van der Waals surface area contributed by atoms with Crippen molar-refractivity contribution in [3.05, 3.63) is 23.8 Å². The molecule has 0 radical (unpaired) electrons. The first-order valence-electron chi connectivity index (χ1n) is 6.51. The molecule has 0 spiro atoms. The Bertz CT molecular complexity index is 402.